The molecule has 28 heavy (non-hydrogen) atoms. The lowest BCUT2D eigenvalue weighted by Crippen LogP contribution is -2.07. The molecule has 1 aromatic heterocycles. The summed E-state index contributed by atoms with van der Waals surface area (Å²) in [5.41, 5.74) is 2.87. The first-order valence-corrected chi connectivity index (χ1v) is 9.18. The molecule has 0 saturated carbocycles. The summed E-state index contributed by atoms with van der Waals surface area (Å²) in [6, 6.07) is 14.5. The van der Waals surface area contributed by atoms with Crippen LogP contribution < -0.4 is 14.8 Å². The Labute approximate surface area is 166 Å². The van der Waals surface area contributed by atoms with Gasteiger partial charge in [0.05, 0.1) is 31.5 Å². The fourth-order valence-electron chi connectivity index (χ4n) is 2.46. The maximum atomic E-state index is 12.1. The van der Waals surface area contributed by atoms with Gasteiger partial charge >= 0.3 is 0 Å². The number of anilines is 1. The van der Waals surface area contributed by atoms with Crippen LogP contribution in [0.5, 0.6) is 11.5 Å². The number of nitriles is 1. The molecular weight excluding hydrogens is 374 g/mol. The Balaban J connectivity index is 1.71. The van der Waals surface area contributed by atoms with Crippen LogP contribution >= 0.6 is 11.3 Å². The molecule has 0 radical (unpaired) electrons. The van der Waals surface area contributed by atoms with Crippen molar-refractivity contribution in [2.24, 2.45) is 0 Å². The van der Waals surface area contributed by atoms with Crippen LogP contribution in [-0.2, 0) is 4.79 Å². The zero-order valence-corrected chi connectivity index (χ0v) is 16.1. The molecule has 1 amide bonds. The minimum Gasteiger partial charge on any atom is -0.497 e. The second-order valence-electron chi connectivity index (χ2n) is 5.66. The van der Waals surface area contributed by atoms with Crippen molar-refractivity contribution in [2.45, 2.75) is 0 Å². The van der Waals surface area contributed by atoms with Crippen LogP contribution in [0.4, 0.5) is 5.13 Å². The van der Waals surface area contributed by atoms with E-state index in [9.17, 15) is 4.79 Å². The number of carbonyl (C=O) groups is 1. The van der Waals surface area contributed by atoms with Gasteiger partial charge in [0.25, 0.3) is 0 Å². The quantitative estimate of drug-likeness (QED) is 0.632. The minimum atomic E-state index is -0.289. The van der Waals surface area contributed by atoms with Gasteiger partial charge in [-0.25, -0.2) is 4.98 Å². The van der Waals surface area contributed by atoms with Gasteiger partial charge in [0.2, 0.25) is 5.91 Å². The largest absolute Gasteiger partial charge is 0.497 e. The van der Waals surface area contributed by atoms with Gasteiger partial charge in [0.1, 0.15) is 11.5 Å². The second-order valence-corrected chi connectivity index (χ2v) is 6.52. The number of methoxy groups -OCH3 is 2. The number of ether oxygens (including phenoxy) is 2. The maximum absolute atomic E-state index is 12.1. The highest BCUT2D eigenvalue weighted by molar-refractivity contribution is 7.14. The van der Waals surface area contributed by atoms with Gasteiger partial charge in [0.15, 0.2) is 5.13 Å². The van der Waals surface area contributed by atoms with Gasteiger partial charge in [-0.15, -0.1) is 11.3 Å². The third-order valence-corrected chi connectivity index (χ3v) is 4.64. The Kier molecular flexibility index (Phi) is 6.04. The summed E-state index contributed by atoms with van der Waals surface area (Å²) in [6.45, 7) is 0. The van der Waals surface area contributed by atoms with E-state index in [1.807, 2.05) is 23.6 Å². The Morgan fingerprint density at radius 1 is 1.18 bits per heavy atom. The molecule has 0 fully saturated rings. The monoisotopic (exact) mass is 391 g/mol. The van der Waals surface area contributed by atoms with Crippen molar-refractivity contribution in [3.05, 3.63) is 65.0 Å². The molecule has 0 aliphatic heterocycles. The summed E-state index contributed by atoms with van der Waals surface area (Å²) in [5.74, 6) is 1.08. The maximum Gasteiger partial charge on any atom is 0.250 e. The lowest BCUT2D eigenvalue weighted by molar-refractivity contribution is -0.111. The summed E-state index contributed by atoms with van der Waals surface area (Å²) in [7, 11) is 3.19. The van der Waals surface area contributed by atoms with Crippen LogP contribution in [0.3, 0.4) is 0 Å². The number of amides is 1. The fraction of sp³-hybridized carbons (Fsp3) is 0.0952. The van der Waals surface area contributed by atoms with Crippen LogP contribution in [0, 0.1) is 11.3 Å². The Morgan fingerprint density at radius 3 is 2.64 bits per heavy atom. The summed E-state index contributed by atoms with van der Waals surface area (Å²) >= 11 is 1.32. The third kappa shape index (κ3) is 4.55. The zero-order valence-electron chi connectivity index (χ0n) is 15.3. The van der Waals surface area contributed by atoms with Gasteiger partial charge in [-0.2, -0.15) is 5.26 Å². The minimum absolute atomic E-state index is 0.289. The SMILES string of the molecule is COc1ccc(OC)c(-c2csc(NC(=O)/C=C/c3ccc(C#N)cc3)n2)c1. The molecule has 0 unspecified atom stereocenters. The Bertz CT molecular complexity index is 1050. The van der Waals surface area contributed by atoms with Crippen LogP contribution in [0.15, 0.2) is 53.9 Å². The predicted molar refractivity (Wildman–Crippen MR) is 109 cm³/mol. The number of benzene rings is 2. The van der Waals surface area contributed by atoms with Crippen LogP contribution in [-0.4, -0.2) is 25.1 Å². The molecule has 2 aromatic carbocycles. The lowest BCUT2D eigenvalue weighted by Gasteiger charge is -2.08. The average Bonchev–Trinajstić information content (AvgIpc) is 3.20. The van der Waals surface area contributed by atoms with E-state index in [2.05, 4.69) is 16.4 Å². The fourth-order valence-corrected chi connectivity index (χ4v) is 3.17. The van der Waals surface area contributed by atoms with E-state index < -0.39 is 0 Å². The highest BCUT2D eigenvalue weighted by Crippen LogP contribution is 2.35. The van der Waals surface area contributed by atoms with Crippen LogP contribution in [0.2, 0.25) is 0 Å². The van der Waals surface area contributed by atoms with E-state index in [1.165, 1.54) is 17.4 Å². The zero-order chi connectivity index (χ0) is 19.9. The highest BCUT2D eigenvalue weighted by atomic mass is 32.1. The van der Waals surface area contributed by atoms with Crippen LogP contribution in [0.25, 0.3) is 17.3 Å². The number of hydrogen-bond donors (Lipinski definition) is 1. The van der Waals surface area contributed by atoms with E-state index in [0.29, 0.717) is 27.9 Å². The first kappa shape index (κ1) is 19.1. The van der Waals surface area contributed by atoms with Crippen molar-refractivity contribution in [3.8, 4) is 28.8 Å². The molecule has 1 N–H and O–H groups in total. The third-order valence-electron chi connectivity index (χ3n) is 3.88. The van der Waals surface area contributed by atoms with Crippen molar-refractivity contribution in [1.82, 2.24) is 4.98 Å². The molecule has 6 nitrogen and oxygen atoms in total. The molecule has 7 heteroatoms. The van der Waals surface area contributed by atoms with E-state index in [4.69, 9.17) is 14.7 Å². The first-order valence-electron chi connectivity index (χ1n) is 8.30. The molecule has 0 atom stereocenters. The van der Waals surface area contributed by atoms with Gasteiger partial charge in [-0.1, -0.05) is 12.1 Å². The number of carbonyl (C=O) groups excluding carboxylic acids is 1. The highest BCUT2D eigenvalue weighted by Gasteiger charge is 2.12. The molecule has 0 bridgehead atoms. The first-order chi connectivity index (χ1) is 13.6. The van der Waals surface area contributed by atoms with Crippen molar-refractivity contribution in [2.75, 3.05) is 19.5 Å². The van der Waals surface area contributed by atoms with Gasteiger partial charge < -0.3 is 9.47 Å². The topological polar surface area (TPSA) is 84.2 Å². The van der Waals surface area contributed by atoms with Crippen molar-refractivity contribution in [3.63, 3.8) is 0 Å². The molecular formula is C21H17N3O3S. The van der Waals surface area contributed by atoms with Gasteiger partial charge in [-0.3, -0.25) is 10.1 Å². The van der Waals surface area contributed by atoms with Crippen molar-refractivity contribution >= 4 is 28.5 Å². The number of thiazole rings is 1. The molecule has 3 aromatic rings. The van der Waals surface area contributed by atoms with E-state index in [0.717, 1.165) is 11.1 Å². The van der Waals surface area contributed by atoms with E-state index >= 15 is 0 Å². The molecule has 140 valence electrons. The number of nitrogens with one attached hydrogen (secondary N) is 1. The van der Waals surface area contributed by atoms with E-state index in [1.54, 1.807) is 44.6 Å². The standard InChI is InChI=1S/C21H17N3O3S/c1-26-16-8-9-19(27-2)17(11-16)18-13-28-21(23-18)24-20(25)10-7-14-3-5-15(12-22)6-4-14/h3-11,13H,1-2H3,(H,23,24,25)/b10-7+. The lowest BCUT2D eigenvalue weighted by atomic mass is 10.1. The summed E-state index contributed by atoms with van der Waals surface area (Å²) in [4.78, 5) is 16.6. The normalized spacial score (nSPS) is 10.5. The molecule has 0 aliphatic rings. The summed E-state index contributed by atoms with van der Waals surface area (Å²) in [5, 5.41) is 13.9. The number of aromatic nitrogens is 1. The predicted octanol–water partition coefficient (Wildman–Crippen LogP) is 4.35. The molecule has 0 aliphatic carbocycles. The molecule has 1 heterocycles. The van der Waals surface area contributed by atoms with Crippen molar-refractivity contribution in [1.29, 1.82) is 5.26 Å². The second kappa shape index (κ2) is 8.84. The number of rotatable bonds is 6. The van der Waals surface area contributed by atoms with E-state index in [-0.39, 0.29) is 5.91 Å². The molecule has 0 spiro atoms. The smallest absolute Gasteiger partial charge is 0.250 e. The van der Waals surface area contributed by atoms with Gasteiger partial charge in [-0.05, 0) is 42.0 Å². The number of nitrogens with zero attached hydrogens (tertiary/aromatic N) is 2. The summed E-state index contributed by atoms with van der Waals surface area (Å²) in [6.07, 6.45) is 3.10. The molecule has 3 rings (SSSR count). The Morgan fingerprint density at radius 2 is 1.96 bits per heavy atom. The number of hydrogen-bond acceptors (Lipinski definition) is 6. The average molecular weight is 391 g/mol. The summed E-state index contributed by atoms with van der Waals surface area (Å²) < 4.78 is 10.6. The Hall–Kier alpha value is -3.63. The van der Waals surface area contributed by atoms with Gasteiger partial charge in [0, 0.05) is 17.0 Å². The van der Waals surface area contributed by atoms with Crippen LogP contribution in [0.1, 0.15) is 11.1 Å². The van der Waals surface area contributed by atoms with Crippen molar-refractivity contribution < 1.29 is 14.3 Å². The molecule has 0 saturated heterocycles.